The van der Waals surface area contributed by atoms with E-state index in [-0.39, 0.29) is 25.7 Å². The van der Waals surface area contributed by atoms with Gasteiger partial charge in [-0.3, -0.25) is 37.3 Å². The molecule has 0 aromatic carbocycles. The lowest BCUT2D eigenvalue weighted by atomic mass is 10.0. The SMILES string of the molecule is CC(C)CCCCCCCCCCCCC(=O)OC[C@H](COP(=O)(O)OC[C@@H](O)COP(=O)(O)OC[C@@H](COC(=O)CCCCCCCCCCCC(C)C)OC(=O)CCCCCCCCCCCC(C)C)OC(=O)CCCCCCCCCCCCC(C)C. The normalized spacial score (nSPS) is 14.3. The summed E-state index contributed by atoms with van der Waals surface area (Å²) in [5.74, 6) is 0.863. The van der Waals surface area contributed by atoms with Crippen LogP contribution in [0.4, 0.5) is 0 Å². The zero-order valence-corrected chi connectivity index (χ0v) is 60.6. The molecule has 0 aromatic rings. The fraction of sp³-hybridized carbons (Fsp3) is 0.944. The summed E-state index contributed by atoms with van der Waals surface area (Å²) in [7, 11) is -9.90. The summed E-state index contributed by atoms with van der Waals surface area (Å²) in [4.78, 5) is 72.6. The van der Waals surface area contributed by atoms with Crippen LogP contribution in [0, 0.1) is 23.7 Å². The van der Waals surface area contributed by atoms with Gasteiger partial charge in [-0.05, 0) is 49.4 Å². The van der Waals surface area contributed by atoms with Crippen LogP contribution in [0.3, 0.4) is 0 Å². The van der Waals surface area contributed by atoms with Crippen molar-refractivity contribution in [1.29, 1.82) is 0 Å². The van der Waals surface area contributed by atoms with Gasteiger partial charge in [0.25, 0.3) is 0 Å². The maximum atomic E-state index is 13.0. The molecule has 19 heteroatoms. The van der Waals surface area contributed by atoms with Gasteiger partial charge in [-0.2, -0.15) is 0 Å². The van der Waals surface area contributed by atoms with Gasteiger partial charge in [0.2, 0.25) is 0 Å². The minimum absolute atomic E-state index is 0.104. The molecule has 3 N–H and O–H groups in total. The van der Waals surface area contributed by atoms with Crippen LogP contribution in [0.2, 0.25) is 0 Å². The van der Waals surface area contributed by atoms with Crippen LogP contribution in [0.1, 0.15) is 351 Å². The molecule has 0 radical (unpaired) electrons. The maximum Gasteiger partial charge on any atom is 0.472 e. The third kappa shape index (κ3) is 64.8. The Hall–Kier alpha value is -1.94. The second-order valence-corrected chi connectivity index (χ2v) is 30.4. The Labute approximate surface area is 549 Å². The van der Waals surface area contributed by atoms with Crippen LogP contribution in [-0.4, -0.2) is 96.7 Å². The molecular weight excluding hydrogens is 1190 g/mol. The predicted molar refractivity (Wildman–Crippen MR) is 363 cm³/mol. The van der Waals surface area contributed by atoms with Crippen molar-refractivity contribution in [3.05, 3.63) is 0 Å². The van der Waals surface area contributed by atoms with Gasteiger partial charge in [0.15, 0.2) is 12.2 Å². The highest BCUT2D eigenvalue weighted by Gasteiger charge is 2.30. The van der Waals surface area contributed by atoms with Crippen molar-refractivity contribution >= 4 is 39.5 Å². The molecule has 0 aromatic heterocycles. The number of esters is 4. The summed E-state index contributed by atoms with van der Waals surface area (Å²) >= 11 is 0. The fourth-order valence-electron chi connectivity index (χ4n) is 10.7. The Bertz CT molecular complexity index is 1780. The van der Waals surface area contributed by atoms with E-state index >= 15 is 0 Å². The molecule has 0 aliphatic carbocycles. The van der Waals surface area contributed by atoms with Crippen molar-refractivity contribution < 1.29 is 80.2 Å². The van der Waals surface area contributed by atoms with Gasteiger partial charge < -0.3 is 33.8 Å². The number of carbonyl (C=O) groups excluding carboxylic acids is 4. The van der Waals surface area contributed by atoms with Crippen LogP contribution in [0.25, 0.3) is 0 Å². The molecule has 0 rings (SSSR count). The summed E-state index contributed by atoms with van der Waals surface area (Å²) < 4.78 is 68.3. The number of rotatable bonds is 68. The molecule has 2 unspecified atom stereocenters. The number of hydrogen-bond donors (Lipinski definition) is 3. The first-order valence-electron chi connectivity index (χ1n) is 36.7. The van der Waals surface area contributed by atoms with E-state index < -0.39 is 97.5 Å². The smallest absolute Gasteiger partial charge is 0.462 e. The van der Waals surface area contributed by atoms with Crippen molar-refractivity contribution in [2.24, 2.45) is 23.7 Å². The number of phosphoric acid groups is 2. The summed E-state index contributed by atoms with van der Waals surface area (Å²) in [5.41, 5.74) is 0. The zero-order chi connectivity index (χ0) is 66.8. The number of aliphatic hydroxyl groups is 1. The third-order valence-electron chi connectivity index (χ3n) is 16.3. The molecule has 0 saturated carbocycles. The standard InChI is InChI=1S/C71H138O17P2/c1-61(2)47-39-31-23-15-9-11-19-27-35-43-51-68(73)81-57-66(87-70(75)53-45-37-29-20-12-10-16-24-32-40-48-62(3)4)59-85-89(77,78)83-55-65(72)56-84-90(79,80)86-60-67(88-71(76)54-46-38-30-22-14-18-26-34-42-50-64(7)8)58-82-69(74)52-44-36-28-21-13-17-25-33-41-49-63(5)6/h61-67,72H,9-60H2,1-8H3,(H,77,78)(H,79,80)/t65-,66-,67-/m1/s1. The lowest BCUT2D eigenvalue weighted by Gasteiger charge is -2.21. The van der Waals surface area contributed by atoms with Gasteiger partial charge in [0.05, 0.1) is 26.4 Å². The molecule has 17 nitrogen and oxygen atoms in total. The van der Waals surface area contributed by atoms with Crippen molar-refractivity contribution in [1.82, 2.24) is 0 Å². The van der Waals surface area contributed by atoms with Crippen LogP contribution < -0.4 is 0 Å². The number of phosphoric ester groups is 2. The van der Waals surface area contributed by atoms with Gasteiger partial charge in [0.1, 0.15) is 19.3 Å². The molecule has 90 heavy (non-hydrogen) atoms. The van der Waals surface area contributed by atoms with Crippen molar-refractivity contribution in [3.8, 4) is 0 Å². The average Bonchev–Trinajstić information content (AvgIpc) is 2.81. The van der Waals surface area contributed by atoms with E-state index in [2.05, 4.69) is 55.4 Å². The molecule has 534 valence electrons. The van der Waals surface area contributed by atoms with E-state index in [0.717, 1.165) is 114 Å². The fourth-order valence-corrected chi connectivity index (χ4v) is 12.2. The van der Waals surface area contributed by atoms with Crippen LogP contribution in [0.5, 0.6) is 0 Å². The van der Waals surface area contributed by atoms with Crippen molar-refractivity contribution in [3.63, 3.8) is 0 Å². The summed E-state index contributed by atoms with van der Waals surface area (Å²) in [6.07, 6.45) is 43.0. The van der Waals surface area contributed by atoms with Gasteiger partial charge in [-0.1, -0.05) is 299 Å². The lowest BCUT2D eigenvalue weighted by molar-refractivity contribution is -0.161. The molecule has 0 heterocycles. The highest BCUT2D eigenvalue weighted by atomic mass is 31.2. The second-order valence-electron chi connectivity index (χ2n) is 27.5. The highest BCUT2D eigenvalue weighted by Crippen LogP contribution is 2.45. The average molecular weight is 1330 g/mol. The molecule has 0 saturated heterocycles. The largest absolute Gasteiger partial charge is 0.472 e. The van der Waals surface area contributed by atoms with Crippen LogP contribution in [0.15, 0.2) is 0 Å². The minimum Gasteiger partial charge on any atom is -0.462 e. The molecule has 0 amide bonds. The molecule has 0 fully saturated rings. The number of aliphatic hydroxyl groups excluding tert-OH is 1. The first-order chi connectivity index (χ1) is 43.1. The maximum absolute atomic E-state index is 13.0. The number of unbranched alkanes of at least 4 members (excludes halogenated alkanes) is 34. The Morgan fingerprint density at radius 2 is 0.467 bits per heavy atom. The molecule has 0 spiro atoms. The van der Waals surface area contributed by atoms with E-state index in [0.29, 0.717) is 25.7 Å². The molecule has 0 bridgehead atoms. The van der Waals surface area contributed by atoms with E-state index in [9.17, 15) is 43.2 Å². The zero-order valence-electron chi connectivity index (χ0n) is 58.8. The topological polar surface area (TPSA) is 237 Å². The quantitative estimate of drug-likeness (QED) is 0.0222. The van der Waals surface area contributed by atoms with Gasteiger partial charge in [-0.15, -0.1) is 0 Å². The molecular formula is C71H138O17P2. The number of ether oxygens (including phenoxy) is 4. The summed E-state index contributed by atoms with van der Waals surface area (Å²) in [6, 6.07) is 0. The molecule has 5 atom stereocenters. The summed E-state index contributed by atoms with van der Waals surface area (Å²) in [6.45, 7) is 14.1. The Balaban J connectivity index is 5.27. The Morgan fingerprint density at radius 3 is 0.689 bits per heavy atom. The van der Waals surface area contributed by atoms with Crippen molar-refractivity contribution in [2.45, 2.75) is 369 Å². The van der Waals surface area contributed by atoms with Crippen molar-refractivity contribution in [2.75, 3.05) is 39.6 Å². The number of hydrogen-bond acceptors (Lipinski definition) is 15. The lowest BCUT2D eigenvalue weighted by Crippen LogP contribution is -2.30. The van der Waals surface area contributed by atoms with E-state index in [4.69, 9.17) is 37.0 Å². The first kappa shape index (κ1) is 88.1. The van der Waals surface area contributed by atoms with E-state index in [1.807, 2.05) is 0 Å². The predicted octanol–water partition coefficient (Wildman–Crippen LogP) is 20.1. The highest BCUT2D eigenvalue weighted by molar-refractivity contribution is 7.47. The van der Waals surface area contributed by atoms with Gasteiger partial charge in [0, 0.05) is 25.7 Å². The molecule has 0 aliphatic heterocycles. The van der Waals surface area contributed by atoms with E-state index in [1.54, 1.807) is 0 Å². The number of carbonyl (C=O) groups is 4. The van der Waals surface area contributed by atoms with Gasteiger partial charge in [-0.25, -0.2) is 9.13 Å². The van der Waals surface area contributed by atoms with E-state index in [1.165, 1.54) is 154 Å². The van der Waals surface area contributed by atoms with Gasteiger partial charge >= 0.3 is 39.5 Å². The monoisotopic (exact) mass is 1320 g/mol. The van der Waals surface area contributed by atoms with Crippen LogP contribution in [-0.2, 0) is 65.4 Å². The first-order valence-corrected chi connectivity index (χ1v) is 39.7. The van der Waals surface area contributed by atoms with Crippen LogP contribution >= 0.6 is 15.6 Å². The Morgan fingerprint density at radius 1 is 0.278 bits per heavy atom. The second kappa shape index (κ2) is 60.7. The summed E-state index contributed by atoms with van der Waals surface area (Å²) in [5, 5.41) is 10.6. The minimum atomic E-state index is -4.95. The Kier molecular flexibility index (Phi) is 59.4. The third-order valence-corrected chi connectivity index (χ3v) is 18.2. The molecule has 0 aliphatic rings.